The Morgan fingerprint density at radius 2 is 1.96 bits per heavy atom. The summed E-state index contributed by atoms with van der Waals surface area (Å²) in [5.74, 6) is -0.506. The second-order valence-electron chi connectivity index (χ2n) is 4.71. The highest BCUT2D eigenvalue weighted by Crippen LogP contribution is 2.28. The molecular weight excluding hydrogens is 362 g/mol. The van der Waals surface area contributed by atoms with Crippen LogP contribution in [0.25, 0.3) is 16.9 Å². The zero-order chi connectivity index (χ0) is 16.4. The zero-order valence-corrected chi connectivity index (χ0v) is 13.7. The first kappa shape index (κ1) is 15.2. The third-order valence-corrected chi connectivity index (χ3v) is 3.82. The number of benzene rings is 2. The third kappa shape index (κ3) is 2.95. The number of halogens is 1. The molecule has 3 rings (SSSR count). The van der Waals surface area contributed by atoms with Crippen LogP contribution in [0.15, 0.2) is 53.0 Å². The predicted octanol–water partition coefficient (Wildman–Crippen LogP) is 3.40. The van der Waals surface area contributed by atoms with Crippen molar-refractivity contribution in [3.8, 4) is 22.7 Å². The Kier molecular flexibility index (Phi) is 4.12. The number of hydrogen-bond acceptors (Lipinski definition) is 4. The molecule has 0 radical (unpaired) electrons. The van der Waals surface area contributed by atoms with Crippen LogP contribution in [0, 0.1) is 0 Å². The van der Waals surface area contributed by atoms with E-state index in [4.69, 9.17) is 4.74 Å². The minimum Gasteiger partial charge on any atom is -0.497 e. The van der Waals surface area contributed by atoms with Gasteiger partial charge in [0.1, 0.15) is 11.4 Å². The number of carboxylic acids is 1. The van der Waals surface area contributed by atoms with Gasteiger partial charge >= 0.3 is 5.97 Å². The molecule has 116 valence electrons. The quantitative estimate of drug-likeness (QED) is 0.758. The van der Waals surface area contributed by atoms with Crippen molar-refractivity contribution in [2.45, 2.75) is 0 Å². The normalized spacial score (nSPS) is 10.5. The molecule has 0 saturated heterocycles. The standard InChI is InChI=1S/C16H12BrN3O3/c1-23-13-4-2-3-10(9-13)15-14(16(21)22)18-19-20(15)12-7-5-11(17)6-8-12/h2-9H,1H3,(H,21,22). The molecule has 0 amide bonds. The van der Waals surface area contributed by atoms with E-state index in [9.17, 15) is 9.90 Å². The first-order valence-electron chi connectivity index (χ1n) is 6.69. The van der Waals surface area contributed by atoms with E-state index >= 15 is 0 Å². The summed E-state index contributed by atoms with van der Waals surface area (Å²) in [6.07, 6.45) is 0. The van der Waals surface area contributed by atoms with Gasteiger partial charge in [-0.15, -0.1) is 5.10 Å². The Morgan fingerprint density at radius 3 is 2.61 bits per heavy atom. The predicted molar refractivity (Wildman–Crippen MR) is 88.0 cm³/mol. The monoisotopic (exact) mass is 373 g/mol. The molecule has 0 aliphatic carbocycles. The fourth-order valence-corrected chi connectivity index (χ4v) is 2.48. The zero-order valence-electron chi connectivity index (χ0n) is 12.1. The molecule has 3 aromatic rings. The molecule has 7 heteroatoms. The molecule has 0 aliphatic heterocycles. The Morgan fingerprint density at radius 1 is 1.22 bits per heavy atom. The molecule has 1 heterocycles. The summed E-state index contributed by atoms with van der Waals surface area (Å²) in [5, 5.41) is 17.2. The number of rotatable bonds is 4. The SMILES string of the molecule is COc1cccc(-c2c(C(=O)O)nnn2-c2ccc(Br)cc2)c1. The molecule has 2 aromatic carbocycles. The summed E-state index contributed by atoms with van der Waals surface area (Å²) in [7, 11) is 1.56. The van der Waals surface area contributed by atoms with Gasteiger partial charge in [0.2, 0.25) is 0 Å². The van der Waals surface area contributed by atoms with Crippen molar-refractivity contribution in [3.63, 3.8) is 0 Å². The Labute approximate surface area is 140 Å². The average Bonchev–Trinajstić information content (AvgIpc) is 3.01. The number of nitrogens with zero attached hydrogens (tertiary/aromatic N) is 3. The minimum absolute atomic E-state index is 0.110. The van der Waals surface area contributed by atoms with Crippen LogP contribution in [0.3, 0.4) is 0 Å². The van der Waals surface area contributed by atoms with E-state index < -0.39 is 5.97 Å². The number of methoxy groups -OCH3 is 1. The molecular formula is C16H12BrN3O3. The van der Waals surface area contributed by atoms with Crippen LogP contribution in [0.5, 0.6) is 5.75 Å². The summed E-state index contributed by atoms with van der Waals surface area (Å²) in [4.78, 5) is 11.5. The molecule has 0 saturated carbocycles. The van der Waals surface area contributed by atoms with Gasteiger partial charge in [-0.05, 0) is 36.4 Å². The van der Waals surface area contributed by atoms with Gasteiger partial charge in [-0.3, -0.25) is 0 Å². The first-order valence-corrected chi connectivity index (χ1v) is 7.49. The first-order chi connectivity index (χ1) is 11.1. The highest BCUT2D eigenvalue weighted by atomic mass is 79.9. The van der Waals surface area contributed by atoms with E-state index in [0.717, 1.165) is 4.47 Å². The average molecular weight is 374 g/mol. The molecule has 0 spiro atoms. The van der Waals surface area contributed by atoms with E-state index in [1.165, 1.54) is 4.68 Å². The maximum absolute atomic E-state index is 11.5. The van der Waals surface area contributed by atoms with Gasteiger partial charge in [-0.1, -0.05) is 33.3 Å². The lowest BCUT2D eigenvalue weighted by molar-refractivity contribution is 0.0691. The molecule has 6 nitrogen and oxygen atoms in total. The molecule has 0 bridgehead atoms. The van der Waals surface area contributed by atoms with Crippen molar-refractivity contribution in [1.29, 1.82) is 0 Å². The molecule has 23 heavy (non-hydrogen) atoms. The van der Waals surface area contributed by atoms with Crippen molar-refractivity contribution in [1.82, 2.24) is 15.0 Å². The van der Waals surface area contributed by atoms with Crippen LogP contribution in [0.1, 0.15) is 10.5 Å². The van der Waals surface area contributed by atoms with Gasteiger partial charge in [0.05, 0.1) is 12.8 Å². The summed E-state index contributed by atoms with van der Waals surface area (Å²) < 4.78 is 7.63. The minimum atomic E-state index is -1.13. The molecule has 1 aromatic heterocycles. The van der Waals surface area contributed by atoms with E-state index in [-0.39, 0.29) is 5.69 Å². The molecule has 0 unspecified atom stereocenters. The lowest BCUT2D eigenvalue weighted by Crippen LogP contribution is -2.03. The molecule has 0 fully saturated rings. The molecule has 0 atom stereocenters. The summed E-state index contributed by atoms with van der Waals surface area (Å²) in [6.45, 7) is 0. The van der Waals surface area contributed by atoms with Crippen LogP contribution in [0.2, 0.25) is 0 Å². The van der Waals surface area contributed by atoms with Gasteiger partial charge in [-0.25, -0.2) is 9.48 Å². The summed E-state index contributed by atoms with van der Waals surface area (Å²) >= 11 is 3.37. The number of carbonyl (C=O) groups is 1. The third-order valence-electron chi connectivity index (χ3n) is 3.29. The highest BCUT2D eigenvalue weighted by molar-refractivity contribution is 9.10. The van der Waals surface area contributed by atoms with Crippen LogP contribution in [-0.4, -0.2) is 33.2 Å². The highest BCUT2D eigenvalue weighted by Gasteiger charge is 2.21. The number of carboxylic acid groups (broad SMARTS) is 1. The van der Waals surface area contributed by atoms with E-state index in [0.29, 0.717) is 22.7 Å². The topological polar surface area (TPSA) is 77.2 Å². The number of hydrogen-bond donors (Lipinski definition) is 1. The van der Waals surface area contributed by atoms with Gasteiger partial charge in [0.15, 0.2) is 5.69 Å². The smallest absolute Gasteiger partial charge is 0.358 e. The number of aromatic carboxylic acids is 1. The van der Waals surface area contributed by atoms with Crippen molar-refractivity contribution in [2.75, 3.05) is 7.11 Å². The largest absolute Gasteiger partial charge is 0.497 e. The lowest BCUT2D eigenvalue weighted by atomic mass is 10.1. The van der Waals surface area contributed by atoms with E-state index in [1.807, 2.05) is 24.3 Å². The number of ether oxygens (including phenoxy) is 1. The molecule has 1 N–H and O–H groups in total. The molecule has 0 aliphatic rings. The fraction of sp³-hybridized carbons (Fsp3) is 0.0625. The summed E-state index contributed by atoms with van der Waals surface area (Å²) in [6, 6.07) is 14.5. The Hall–Kier alpha value is -2.67. The lowest BCUT2D eigenvalue weighted by Gasteiger charge is -2.09. The Bertz CT molecular complexity index is 859. The van der Waals surface area contributed by atoms with Crippen molar-refractivity contribution in [3.05, 3.63) is 58.7 Å². The van der Waals surface area contributed by atoms with E-state index in [1.54, 1.807) is 31.4 Å². The van der Waals surface area contributed by atoms with Crippen LogP contribution in [0.4, 0.5) is 0 Å². The van der Waals surface area contributed by atoms with Crippen molar-refractivity contribution in [2.24, 2.45) is 0 Å². The van der Waals surface area contributed by atoms with Gasteiger partial charge < -0.3 is 9.84 Å². The van der Waals surface area contributed by atoms with Crippen LogP contribution < -0.4 is 4.74 Å². The van der Waals surface area contributed by atoms with Gasteiger partial charge in [0.25, 0.3) is 0 Å². The fourth-order valence-electron chi connectivity index (χ4n) is 2.22. The maximum atomic E-state index is 11.5. The van der Waals surface area contributed by atoms with E-state index in [2.05, 4.69) is 26.2 Å². The summed E-state index contributed by atoms with van der Waals surface area (Å²) in [5.41, 5.74) is 1.67. The second-order valence-corrected chi connectivity index (χ2v) is 5.63. The van der Waals surface area contributed by atoms with Crippen molar-refractivity contribution < 1.29 is 14.6 Å². The Balaban J connectivity index is 2.22. The second kappa shape index (κ2) is 6.21. The number of aromatic nitrogens is 3. The van der Waals surface area contributed by atoms with Crippen LogP contribution >= 0.6 is 15.9 Å². The van der Waals surface area contributed by atoms with Crippen molar-refractivity contribution >= 4 is 21.9 Å². The van der Waals surface area contributed by atoms with Gasteiger partial charge in [0, 0.05) is 10.0 Å². The maximum Gasteiger partial charge on any atom is 0.358 e. The van der Waals surface area contributed by atoms with Gasteiger partial charge in [-0.2, -0.15) is 0 Å². The van der Waals surface area contributed by atoms with Crippen LogP contribution in [-0.2, 0) is 0 Å².